The minimum atomic E-state index is -0.847. The summed E-state index contributed by atoms with van der Waals surface area (Å²) in [5.41, 5.74) is 1.79. The molecular formula is C20H25FN4O4. The number of aliphatic hydroxyl groups is 1. The van der Waals surface area contributed by atoms with Gasteiger partial charge in [-0.25, -0.2) is 4.98 Å². The number of aliphatic hydroxyl groups excluding tert-OH is 1. The summed E-state index contributed by atoms with van der Waals surface area (Å²) < 4.78 is 14.8. The molecule has 156 valence electrons. The summed E-state index contributed by atoms with van der Waals surface area (Å²) in [7, 11) is 1.59. The van der Waals surface area contributed by atoms with Crippen molar-refractivity contribution in [2.75, 3.05) is 11.9 Å². The molecule has 2 heterocycles. The van der Waals surface area contributed by atoms with Crippen molar-refractivity contribution in [2.24, 2.45) is 7.05 Å². The van der Waals surface area contributed by atoms with Gasteiger partial charge in [0.25, 0.3) is 17.6 Å². The van der Waals surface area contributed by atoms with Gasteiger partial charge in [0, 0.05) is 18.3 Å². The third-order valence-electron chi connectivity index (χ3n) is 4.90. The van der Waals surface area contributed by atoms with Crippen LogP contribution in [-0.4, -0.2) is 44.9 Å². The molecule has 2 rings (SSSR count). The molecule has 0 unspecified atom stereocenters. The van der Waals surface area contributed by atoms with Gasteiger partial charge in [-0.15, -0.1) is 0 Å². The number of ketones is 1. The van der Waals surface area contributed by atoms with Crippen LogP contribution in [0.15, 0.2) is 12.3 Å². The SMILES string of the molecule is CC[C@@H](CO)NC(=O)C(=O)c1c(C)c(C(=O)Nc2cnc(F)c(C)c2)c(C)n1C. The molecule has 0 spiro atoms. The first kappa shape index (κ1) is 22.2. The van der Waals surface area contributed by atoms with Crippen LogP contribution in [0.5, 0.6) is 0 Å². The maximum absolute atomic E-state index is 13.3. The molecule has 9 heteroatoms. The summed E-state index contributed by atoms with van der Waals surface area (Å²) in [6.07, 6.45) is 1.67. The third kappa shape index (κ3) is 4.51. The van der Waals surface area contributed by atoms with Gasteiger partial charge in [0.15, 0.2) is 0 Å². The van der Waals surface area contributed by atoms with Gasteiger partial charge >= 0.3 is 0 Å². The van der Waals surface area contributed by atoms with Crippen molar-refractivity contribution in [1.29, 1.82) is 0 Å². The van der Waals surface area contributed by atoms with Crippen molar-refractivity contribution in [1.82, 2.24) is 14.9 Å². The smallest absolute Gasteiger partial charge is 0.294 e. The number of aromatic nitrogens is 2. The molecule has 0 aliphatic carbocycles. The highest BCUT2D eigenvalue weighted by atomic mass is 19.1. The van der Waals surface area contributed by atoms with Crippen molar-refractivity contribution in [2.45, 2.75) is 40.2 Å². The number of amides is 2. The van der Waals surface area contributed by atoms with E-state index in [1.807, 2.05) is 0 Å². The fraction of sp³-hybridized carbons (Fsp3) is 0.400. The van der Waals surface area contributed by atoms with Crippen LogP contribution in [0.4, 0.5) is 10.1 Å². The number of carbonyl (C=O) groups is 3. The van der Waals surface area contributed by atoms with Crippen molar-refractivity contribution < 1.29 is 23.9 Å². The van der Waals surface area contributed by atoms with E-state index in [4.69, 9.17) is 0 Å². The van der Waals surface area contributed by atoms with Gasteiger partial charge in [-0.3, -0.25) is 14.4 Å². The lowest BCUT2D eigenvalue weighted by Crippen LogP contribution is -2.41. The standard InChI is InChI=1S/C20H25FN4O4/c1-6-13(9-26)23-20(29)17(27)16-11(3)15(12(4)25(16)5)19(28)24-14-7-10(2)18(21)22-8-14/h7-8,13,26H,6,9H2,1-5H3,(H,23,29)(H,24,28)/t13-/m0/s1. The second-order valence-electron chi connectivity index (χ2n) is 6.87. The molecular weight excluding hydrogens is 379 g/mol. The third-order valence-corrected chi connectivity index (χ3v) is 4.90. The predicted octanol–water partition coefficient (Wildman–Crippen LogP) is 1.81. The van der Waals surface area contributed by atoms with Crippen molar-refractivity contribution in [3.8, 4) is 0 Å². The Labute approximate surface area is 168 Å². The first-order valence-electron chi connectivity index (χ1n) is 9.17. The van der Waals surface area contributed by atoms with Crippen LogP contribution < -0.4 is 10.6 Å². The lowest BCUT2D eigenvalue weighted by Gasteiger charge is -2.13. The molecule has 0 saturated carbocycles. The van der Waals surface area contributed by atoms with Crippen LogP contribution in [0.25, 0.3) is 0 Å². The molecule has 29 heavy (non-hydrogen) atoms. The fourth-order valence-corrected chi connectivity index (χ4v) is 3.09. The summed E-state index contributed by atoms with van der Waals surface area (Å²) in [5.74, 6) is -2.76. The Morgan fingerprint density at radius 3 is 2.48 bits per heavy atom. The molecule has 0 aromatic carbocycles. The van der Waals surface area contributed by atoms with Gasteiger partial charge < -0.3 is 20.3 Å². The number of carbonyl (C=O) groups excluding carboxylic acids is 3. The Balaban J connectivity index is 2.33. The Morgan fingerprint density at radius 1 is 1.28 bits per heavy atom. The number of nitrogens with zero attached hydrogens (tertiary/aromatic N) is 2. The molecule has 0 bridgehead atoms. The van der Waals surface area contributed by atoms with Gasteiger partial charge in [0.1, 0.15) is 0 Å². The molecule has 0 radical (unpaired) electrons. The average molecular weight is 404 g/mol. The summed E-state index contributed by atoms with van der Waals surface area (Å²) in [6, 6.07) is 0.928. The van der Waals surface area contributed by atoms with Crippen LogP contribution in [0.2, 0.25) is 0 Å². The van der Waals surface area contributed by atoms with Crippen molar-refractivity contribution in [3.05, 3.63) is 46.3 Å². The molecule has 2 amide bonds. The summed E-state index contributed by atoms with van der Waals surface area (Å²) in [4.78, 5) is 41.3. The lowest BCUT2D eigenvalue weighted by molar-refractivity contribution is -0.118. The number of pyridine rings is 1. The van der Waals surface area contributed by atoms with Crippen LogP contribution in [-0.2, 0) is 11.8 Å². The molecule has 2 aromatic rings. The van der Waals surface area contributed by atoms with E-state index in [2.05, 4.69) is 15.6 Å². The number of halogens is 1. The van der Waals surface area contributed by atoms with Gasteiger partial charge in [-0.05, 0) is 38.8 Å². The van der Waals surface area contributed by atoms with E-state index < -0.39 is 29.6 Å². The quantitative estimate of drug-likeness (QED) is 0.370. The number of hydrogen-bond acceptors (Lipinski definition) is 5. The Hall–Kier alpha value is -3.07. The summed E-state index contributed by atoms with van der Waals surface area (Å²) in [5, 5.41) is 14.3. The zero-order chi connectivity index (χ0) is 21.9. The molecule has 1 atom stereocenters. The maximum Gasteiger partial charge on any atom is 0.294 e. The summed E-state index contributed by atoms with van der Waals surface area (Å²) >= 11 is 0. The number of rotatable bonds is 7. The molecule has 0 aliphatic rings. The maximum atomic E-state index is 13.3. The molecule has 3 N–H and O–H groups in total. The Morgan fingerprint density at radius 2 is 1.93 bits per heavy atom. The van der Waals surface area contributed by atoms with E-state index in [1.165, 1.54) is 23.8 Å². The van der Waals surface area contributed by atoms with Crippen LogP contribution in [0.1, 0.15) is 51.0 Å². The molecule has 0 saturated heterocycles. The number of anilines is 1. The molecule has 8 nitrogen and oxygen atoms in total. The Bertz CT molecular complexity index is 964. The van der Waals surface area contributed by atoms with Gasteiger partial charge in [0.2, 0.25) is 5.95 Å². The predicted molar refractivity (Wildman–Crippen MR) is 105 cm³/mol. The van der Waals surface area contributed by atoms with Crippen molar-refractivity contribution in [3.63, 3.8) is 0 Å². The molecule has 0 aliphatic heterocycles. The topological polar surface area (TPSA) is 113 Å². The van der Waals surface area contributed by atoms with Gasteiger partial charge in [-0.2, -0.15) is 4.39 Å². The zero-order valence-corrected chi connectivity index (χ0v) is 17.1. The van der Waals surface area contributed by atoms with E-state index in [-0.39, 0.29) is 23.4 Å². The highest BCUT2D eigenvalue weighted by Gasteiger charge is 2.29. The first-order chi connectivity index (χ1) is 13.6. The highest BCUT2D eigenvalue weighted by molar-refractivity contribution is 6.43. The normalized spacial score (nSPS) is 11.8. The molecule has 2 aromatic heterocycles. The fourth-order valence-electron chi connectivity index (χ4n) is 3.09. The van der Waals surface area contributed by atoms with E-state index >= 15 is 0 Å². The Kier molecular flexibility index (Phi) is 6.86. The minimum Gasteiger partial charge on any atom is -0.394 e. The second-order valence-corrected chi connectivity index (χ2v) is 6.87. The van der Waals surface area contributed by atoms with E-state index in [1.54, 1.807) is 27.8 Å². The van der Waals surface area contributed by atoms with Gasteiger partial charge in [-0.1, -0.05) is 6.92 Å². The number of Topliss-reactive ketones (excluding diaryl/α,β-unsaturated/α-hetero) is 1. The number of aryl methyl sites for hydroxylation is 1. The number of hydrogen-bond donors (Lipinski definition) is 3. The van der Waals surface area contributed by atoms with Crippen LogP contribution in [0.3, 0.4) is 0 Å². The average Bonchev–Trinajstić information content (AvgIpc) is 2.90. The minimum absolute atomic E-state index is 0.0892. The summed E-state index contributed by atoms with van der Waals surface area (Å²) in [6.45, 7) is 6.27. The monoisotopic (exact) mass is 404 g/mol. The number of nitrogens with one attached hydrogen (secondary N) is 2. The van der Waals surface area contributed by atoms with E-state index in [0.29, 0.717) is 23.4 Å². The second kappa shape index (κ2) is 8.95. The lowest BCUT2D eigenvalue weighted by atomic mass is 10.1. The van der Waals surface area contributed by atoms with Crippen LogP contribution >= 0.6 is 0 Å². The van der Waals surface area contributed by atoms with Crippen molar-refractivity contribution >= 4 is 23.3 Å². The van der Waals surface area contributed by atoms with E-state index in [0.717, 1.165) is 0 Å². The highest BCUT2D eigenvalue weighted by Crippen LogP contribution is 2.23. The zero-order valence-electron chi connectivity index (χ0n) is 17.1. The largest absolute Gasteiger partial charge is 0.394 e. The first-order valence-corrected chi connectivity index (χ1v) is 9.17. The van der Waals surface area contributed by atoms with Crippen LogP contribution in [0, 0.1) is 26.7 Å². The molecule has 0 fully saturated rings. The van der Waals surface area contributed by atoms with Gasteiger partial charge in [0.05, 0.1) is 35.8 Å². The van der Waals surface area contributed by atoms with E-state index in [9.17, 15) is 23.9 Å².